The number of hydrogen-bond donors (Lipinski definition) is 1. The molecule has 142 valence electrons. The van der Waals surface area contributed by atoms with Crippen molar-refractivity contribution in [1.82, 2.24) is 34.8 Å². The number of amides is 1. The molecule has 0 atom stereocenters. The maximum atomic E-state index is 12.7. The summed E-state index contributed by atoms with van der Waals surface area (Å²) in [4.78, 5) is 21.4. The zero-order chi connectivity index (χ0) is 18.7. The zero-order valence-electron chi connectivity index (χ0n) is 16.2. The molecule has 0 unspecified atom stereocenters. The van der Waals surface area contributed by atoms with Crippen LogP contribution in [-0.2, 0) is 24.8 Å². The second kappa shape index (κ2) is 7.99. The van der Waals surface area contributed by atoms with E-state index in [1.54, 1.807) is 0 Å². The molecule has 1 fully saturated rings. The van der Waals surface area contributed by atoms with Gasteiger partial charge in [0.1, 0.15) is 5.82 Å². The highest BCUT2D eigenvalue weighted by atomic mass is 16.2. The molecule has 0 spiro atoms. The summed E-state index contributed by atoms with van der Waals surface area (Å²) in [5.74, 6) is 1.90. The van der Waals surface area contributed by atoms with E-state index in [1.165, 1.54) is 5.56 Å². The van der Waals surface area contributed by atoms with Gasteiger partial charge < -0.3 is 4.90 Å². The summed E-state index contributed by atoms with van der Waals surface area (Å²) in [6.45, 7) is 10.2. The van der Waals surface area contributed by atoms with E-state index >= 15 is 0 Å². The SMILES string of the molecule is Cc1nc(CN2CCCN(C(=O)CCc3c(C)nn(C)c3C)CC2)n[nH]1. The molecule has 1 amide bonds. The lowest BCUT2D eigenvalue weighted by molar-refractivity contribution is -0.131. The van der Waals surface area contributed by atoms with E-state index in [4.69, 9.17) is 0 Å². The van der Waals surface area contributed by atoms with Crippen molar-refractivity contribution < 1.29 is 4.79 Å². The molecular weight excluding hydrogens is 330 g/mol. The Hall–Kier alpha value is -2.22. The first-order valence-electron chi connectivity index (χ1n) is 9.31. The minimum Gasteiger partial charge on any atom is -0.341 e. The highest BCUT2D eigenvalue weighted by Crippen LogP contribution is 2.15. The Bertz CT molecular complexity index is 764. The predicted molar refractivity (Wildman–Crippen MR) is 98.6 cm³/mol. The number of carbonyl (C=O) groups excluding carboxylic acids is 1. The molecule has 8 nitrogen and oxygen atoms in total. The van der Waals surface area contributed by atoms with Crippen LogP contribution in [0.4, 0.5) is 0 Å². The van der Waals surface area contributed by atoms with E-state index in [9.17, 15) is 4.79 Å². The summed E-state index contributed by atoms with van der Waals surface area (Å²) < 4.78 is 1.89. The highest BCUT2D eigenvalue weighted by molar-refractivity contribution is 5.76. The lowest BCUT2D eigenvalue weighted by Gasteiger charge is -2.21. The predicted octanol–water partition coefficient (Wildman–Crippen LogP) is 1.13. The number of H-pyrrole nitrogens is 1. The molecule has 2 aromatic rings. The van der Waals surface area contributed by atoms with Crippen LogP contribution in [0.15, 0.2) is 0 Å². The Balaban J connectivity index is 1.51. The Morgan fingerprint density at radius 1 is 1.15 bits per heavy atom. The highest BCUT2D eigenvalue weighted by Gasteiger charge is 2.21. The van der Waals surface area contributed by atoms with E-state index in [0.29, 0.717) is 6.42 Å². The average molecular weight is 359 g/mol. The van der Waals surface area contributed by atoms with Crippen molar-refractivity contribution >= 4 is 5.91 Å². The largest absolute Gasteiger partial charge is 0.341 e. The number of carbonyl (C=O) groups is 1. The van der Waals surface area contributed by atoms with E-state index in [2.05, 4.69) is 32.1 Å². The first kappa shape index (κ1) is 18.6. The van der Waals surface area contributed by atoms with Gasteiger partial charge >= 0.3 is 0 Å². The van der Waals surface area contributed by atoms with Crippen molar-refractivity contribution in [3.63, 3.8) is 0 Å². The van der Waals surface area contributed by atoms with Crippen LogP contribution in [0.3, 0.4) is 0 Å². The van der Waals surface area contributed by atoms with Crippen molar-refractivity contribution in [2.75, 3.05) is 26.2 Å². The van der Waals surface area contributed by atoms with E-state index < -0.39 is 0 Å². The van der Waals surface area contributed by atoms with Crippen LogP contribution in [0.1, 0.15) is 41.4 Å². The van der Waals surface area contributed by atoms with Gasteiger partial charge in [0.05, 0.1) is 12.2 Å². The van der Waals surface area contributed by atoms with Gasteiger partial charge in [0.25, 0.3) is 0 Å². The molecule has 26 heavy (non-hydrogen) atoms. The summed E-state index contributed by atoms with van der Waals surface area (Å²) in [7, 11) is 1.95. The quantitative estimate of drug-likeness (QED) is 0.865. The second-order valence-electron chi connectivity index (χ2n) is 7.12. The summed E-state index contributed by atoms with van der Waals surface area (Å²) in [5.41, 5.74) is 3.39. The number of aromatic nitrogens is 5. The van der Waals surface area contributed by atoms with Gasteiger partial charge in [-0.2, -0.15) is 10.2 Å². The summed E-state index contributed by atoms with van der Waals surface area (Å²) in [6, 6.07) is 0. The number of aryl methyl sites for hydroxylation is 3. The van der Waals surface area contributed by atoms with Crippen molar-refractivity contribution in [3.8, 4) is 0 Å². The first-order valence-corrected chi connectivity index (χ1v) is 9.31. The standard InChI is InChI=1S/C18H29N7O/c1-13-16(14(2)23(4)22-13)6-7-18(26)25-9-5-8-24(10-11-25)12-17-19-15(3)20-21-17/h5-12H2,1-4H3,(H,19,20,21). The van der Waals surface area contributed by atoms with Crippen molar-refractivity contribution in [3.05, 3.63) is 28.6 Å². The molecule has 1 aliphatic rings. The number of nitrogens with one attached hydrogen (secondary N) is 1. The van der Waals surface area contributed by atoms with Crippen LogP contribution in [0, 0.1) is 20.8 Å². The van der Waals surface area contributed by atoms with Crippen molar-refractivity contribution in [1.29, 1.82) is 0 Å². The number of hydrogen-bond acceptors (Lipinski definition) is 5. The van der Waals surface area contributed by atoms with Crippen molar-refractivity contribution in [2.24, 2.45) is 7.05 Å². The Labute approximate surface area is 154 Å². The molecule has 2 aromatic heterocycles. The first-order chi connectivity index (χ1) is 12.4. The van der Waals surface area contributed by atoms with Crippen LogP contribution in [0.2, 0.25) is 0 Å². The topological polar surface area (TPSA) is 82.9 Å². The monoisotopic (exact) mass is 359 g/mol. The Kier molecular flexibility index (Phi) is 5.70. The van der Waals surface area contributed by atoms with Gasteiger partial charge in [0.15, 0.2) is 5.82 Å². The second-order valence-corrected chi connectivity index (χ2v) is 7.12. The fourth-order valence-electron chi connectivity index (χ4n) is 3.61. The molecule has 0 bridgehead atoms. The minimum atomic E-state index is 0.239. The molecule has 1 N–H and O–H groups in total. The van der Waals surface area contributed by atoms with E-state index in [-0.39, 0.29) is 5.91 Å². The maximum Gasteiger partial charge on any atom is 0.222 e. The number of nitrogens with zero attached hydrogens (tertiary/aromatic N) is 6. The molecule has 3 heterocycles. The number of rotatable bonds is 5. The summed E-state index contributed by atoms with van der Waals surface area (Å²) >= 11 is 0. The van der Waals surface area contributed by atoms with Gasteiger partial charge in [-0.15, -0.1) is 0 Å². The summed E-state index contributed by atoms with van der Waals surface area (Å²) in [5, 5.41) is 11.5. The van der Waals surface area contributed by atoms with E-state index in [0.717, 1.165) is 68.6 Å². The van der Waals surface area contributed by atoms with Crippen LogP contribution in [-0.4, -0.2) is 66.8 Å². The molecule has 0 saturated carbocycles. The van der Waals surface area contributed by atoms with Gasteiger partial charge in [0.2, 0.25) is 5.91 Å². The molecule has 0 aromatic carbocycles. The average Bonchev–Trinajstić information content (AvgIpc) is 3.00. The van der Waals surface area contributed by atoms with Gasteiger partial charge in [-0.05, 0) is 39.2 Å². The van der Waals surface area contributed by atoms with Crippen LogP contribution < -0.4 is 0 Å². The van der Waals surface area contributed by atoms with Gasteiger partial charge in [-0.3, -0.25) is 19.5 Å². The molecule has 0 aliphatic carbocycles. The fraction of sp³-hybridized carbons (Fsp3) is 0.667. The third-order valence-corrected chi connectivity index (χ3v) is 5.20. The van der Waals surface area contributed by atoms with Crippen LogP contribution in [0.25, 0.3) is 0 Å². The van der Waals surface area contributed by atoms with Crippen molar-refractivity contribution in [2.45, 2.75) is 46.6 Å². The normalized spacial score (nSPS) is 16.1. The molecule has 8 heteroatoms. The lowest BCUT2D eigenvalue weighted by Crippen LogP contribution is -2.35. The van der Waals surface area contributed by atoms with E-state index in [1.807, 2.05) is 30.5 Å². The van der Waals surface area contributed by atoms with Crippen LogP contribution in [0.5, 0.6) is 0 Å². The number of aromatic amines is 1. The molecular formula is C18H29N7O. The molecule has 3 rings (SSSR count). The molecule has 1 aliphatic heterocycles. The third-order valence-electron chi connectivity index (χ3n) is 5.20. The smallest absolute Gasteiger partial charge is 0.222 e. The third kappa shape index (κ3) is 4.30. The molecule has 1 saturated heterocycles. The minimum absolute atomic E-state index is 0.239. The lowest BCUT2D eigenvalue weighted by atomic mass is 10.1. The Morgan fingerprint density at radius 3 is 2.62 bits per heavy atom. The zero-order valence-corrected chi connectivity index (χ0v) is 16.2. The summed E-state index contributed by atoms with van der Waals surface area (Å²) in [6.07, 6.45) is 2.30. The molecule has 0 radical (unpaired) electrons. The maximum absolute atomic E-state index is 12.7. The van der Waals surface area contributed by atoms with Gasteiger partial charge in [-0.25, -0.2) is 4.98 Å². The Morgan fingerprint density at radius 2 is 1.96 bits per heavy atom. The van der Waals surface area contributed by atoms with Gasteiger partial charge in [-0.1, -0.05) is 0 Å². The van der Waals surface area contributed by atoms with Gasteiger partial charge in [0, 0.05) is 45.3 Å². The van der Waals surface area contributed by atoms with Crippen LogP contribution >= 0.6 is 0 Å². The fourth-order valence-corrected chi connectivity index (χ4v) is 3.61.